The number of amides is 2. The number of hydrogen-bond acceptors (Lipinski definition) is 3. The van der Waals surface area contributed by atoms with Crippen molar-refractivity contribution in [3.05, 3.63) is 112 Å². The summed E-state index contributed by atoms with van der Waals surface area (Å²) in [5.74, 6) is 0.172. The molecular weight excluding hydrogens is 540 g/mol. The van der Waals surface area contributed by atoms with Crippen LogP contribution in [0.5, 0.6) is 5.75 Å². The average molecular weight is 574 g/mol. The molecule has 0 aromatic heterocycles. The van der Waals surface area contributed by atoms with E-state index in [-0.39, 0.29) is 18.4 Å². The maximum absolute atomic E-state index is 13.8. The molecule has 4 rings (SSSR count). The van der Waals surface area contributed by atoms with Gasteiger partial charge in [0, 0.05) is 19.5 Å². The normalized spacial score (nSPS) is 11.7. The minimum atomic E-state index is -0.680. The lowest BCUT2D eigenvalue weighted by Gasteiger charge is -2.31. The van der Waals surface area contributed by atoms with Gasteiger partial charge in [0.15, 0.2) is 6.61 Å². The summed E-state index contributed by atoms with van der Waals surface area (Å²) in [6, 6.07) is 29.0. The largest absolute Gasteiger partial charge is 0.483 e. The minimum Gasteiger partial charge on any atom is -0.483 e. The Kier molecular flexibility index (Phi) is 9.55. The van der Waals surface area contributed by atoms with E-state index in [1.54, 1.807) is 4.90 Å². The average Bonchev–Trinajstić information content (AvgIpc) is 2.94. The molecule has 0 saturated heterocycles. The predicted octanol–water partition coefficient (Wildman–Crippen LogP) is 6.46. The Labute approximate surface area is 232 Å². The lowest BCUT2D eigenvalue weighted by molar-refractivity contribution is -0.142. The third-order valence-electron chi connectivity index (χ3n) is 6.43. The fourth-order valence-corrected chi connectivity index (χ4v) is 5.08. The standard InChI is InChI=1S/C32H33BrN2O3/c1-3-18-34-32(37)28(20-24-11-5-4-6-12-24)35(21-25-13-9-10-23(2)19-25)30(36)22-38-29-17-16-26-14-7-8-15-27(26)31(29)33/h4-17,19,28H,3,18,20-22H2,1-2H3,(H,34,37)/t28-/m0/s1. The van der Waals surface area contributed by atoms with E-state index in [0.717, 1.165) is 38.4 Å². The quantitative estimate of drug-likeness (QED) is 0.224. The first-order valence-corrected chi connectivity index (χ1v) is 13.7. The molecule has 0 bridgehead atoms. The number of fused-ring (bicyclic) bond motifs is 1. The summed E-state index contributed by atoms with van der Waals surface area (Å²) in [4.78, 5) is 28.9. The molecular formula is C32H33BrN2O3. The van der Waals surface area contributed by atoms with Crippen molar-refractivity contribution in [1.82, 2.24) is 10.2 Å². The second-order valence-electron chi connectivity index (χ2n) is 9.39. The molecule has 6 heteroatoms. The number of carbonyl (C=O) groups is 2. The van der Waals surface area contributed by atoms with Crippen LogP contribution in [0.1, 0.15) is 30.0 Å². The Morgan fingerprint density at radius 3 is 2.42 bits per heavy atom. The summed E-state index contributed by atoms with van der Waals surface area (Å²) in [6.45, 7) is 4.70. The van der Waals surface area contributed by atoms with Gasteiger partial charge in [-0.2, -0.15) is 0 Å². The third kappa shape index (κ3) is 7.01. The number of aryl methyl sites for hydroxylation is 1. The van der Waals surface area contributed by atoms with E-state index in [4.69, 9.17) is 4.74 Å². The molecule has 0 aliphatic carbocycles. The molecule has 4 aromatic carbocycles. The van der Waals surface area contributed by atoms with Gasteiger partial charge in [-0.15, -0.1) is 0 Å². The van der Waals surface area contributed by atoms with E-state index in [1.807, 2.05) is 105 Å². The van der Waals surface area contributed by atoms with Crippen molar-refractivity contribution in [3.63, 3.8) is 0 Å². The molecule has 0 unspecified atom stereocenters. The number of carbonyl (C=O) groups excluding carboxylic acids is 2. The van der Waals surface area contributed by atoms with Crippen LogP contribution in [0.4, 0.5) is 0 Å². The summed E-state index contributed by atoms with van der Waals surface area (Å²) in [7, 11) is 0. The second kappa shape index (κ2) is 13.2. The smallest absolute Gasteiger partial charge is 0.261 e. The molecule has 1 atom stereocenters. The lowest BCUT2D eigenvalue weighted by atomic mass is 10.0. The van der Waals surface area contributed by atoms with Crippen LogP contribution < -0.4 is 10.1 Å². The fourth-order valence-electron chi connectivity index (χ4n) is 4.47. The van der Waals surface area contributed by atoms with Crippen LogP contribution in [0.15, 0.2) is 95.5 Å². The second-order valence-corrected chi connectivity index (χ2v) is 10.2. The van der Waals surface area contributed by atoms with E-state index in [0.29, 0.717) is 25.3 Å². The van der Waals surface area contributed by atoms with Crippen LogP contribution in [0.2, 0.25) is 0 Å². The molecule has 0 spiro atoms. The zero-order valence-corrected chi connectivity index (χ0v) is 23.4. The van der Waals surface area contributed by atoms with Crippen LogP contribution in [-0.2, 0) is 22.6 Å². The Morgan fingerprint density at radius 2 is 1.66 bits per heavy atom. The minimum absolute atomic E-state index is 0.163. The molecule has 5 nitrogen and oxygen atoms in total. The molecule has 0 fully saturated rings. The number of halogens is 1. The first-order valence-electron chi connectivity index (χ1n) is 12.9. The van der Waals surface area contributed by atoms with Gasteiger partial charge in [-0.25, -0.2) is 0 Å². The highest BCUT2D eigenvalue weighted by Crippen LogP contribution is 2.33. The molecule has 2 amide bonds. The van der Waals surface area contributed by atoms with Crippen LogP contribution in [0.3, 0.4) is 0 Å². The van der Waals surface area contributed by atoms with E-state index in [9.17, 15) is 9.59 Å². The summed E-state index contributed by atoms with van der Waals surface area (Å²) in [5, 5.41) is 5.09. The van der Waals surface area contributed by atoms with Crippen molar-refractivity contribution in [1.29, 1.82) is 0 Å². The van der Waals surface area contributed by atoms with Gasteiger partial charge < -0.3 is 15.0 Å². The zero-order valence-electron chi connectivity index (χ0n) is 21.8. The first-order chi connectivity index (χ1) is 18.5. The van der Waals surface area contributed by atoms with E-state index < -0.39 is 6.04 Å². The maximum Gasteiger partial charge on any atom is 0.261 e. The van der Waals surface area contributed by atoms with Crippen LogP contribution in [-0.4, -0.2) is 35.9 Å². The summed E-state index contributed by atoms with van der Waals surface area (Å²) in [5.41, 5.74) is 3.05. The Bertz CT molecular complexity index is 1390. The van der Waals surface area contributed by atoms with Gasteiger partial charge in [-0.1, -0.05) is 97.4 Å². The van der Waals surface area contributed by atoms with E-state index in [2.05, 4.69) is 21.2 Å². The Morgan fingerprint density at radius 1 is 0.921 bits per heavy atom. The number of rotatable bonds is 11. The fraction of sp³-hybridized carbons (Fsp3) is 0.250. The van der Waals surface area contributed by atoms with E-state index >= 15 is 0 Å². The predicted molar refractivity (Wildman–Crippen MR) is 156 cm³/mol. The van der Waals surface area contributed by atoms with Gasteiger partial charge in [0.1, 0.15) is 11.8 Å². The third-order valence-corrected chi connectivity index (χ3v) is 7.25. The van der Waals surface area contributed by atoms with Crippen molar-refractivity contribution < 1.29 is 14.3 Å². The molecule has 4 aromatic rings. The highest BCUT2D eigenvalue weighted by atomic mass is 79.9. The number of benzene rings is 4. The SMILES string of the molecule is CCCNC(=O)[C@H](Cc1ccccc1)N(Cc1cccc(C)c1)C(=O)COc1ccc2ccccc2c1Br. The van der Waals surface area contributed by atoms with E-state index in [1.165, 1.54) is 0 Å². The van der Waals surface area contributed by atoms with Gasteiger partial charge in [-0.05, 0) is 57.2 Å². The van der Waals surface area contributed by atoms with Crippen molar-refractivity contribution in [2.45, 2.75) is 39.3 Å². The molecule has 196 valence electrons. The highest BCUT2D eigenvalue weighted by Gasteiger charge is 2.30. The van der Waals surface area contributed by atoms with Crippen LogP contribution >= 0.6 is 15.9 Å². The molecule has 38 heavy (non-hydrogen) atoms. The number of nitrogens with zero attached hydrogens (tertiary/aromatic N) is 1. The highest BCUT2D eigenvalue weighted by molar-refractivity contribution is 9.10. The number of nitrogens with one attached hydrogen (secondary N) is 1. The first kappa shape index (κ1) is 27.4. The van der Waals surface area contributed by atoms with Gasteiger partial charge in [0.2, 0.25) is 5.91 Å². The molecule has 0 aliphatic rings. The topological polar surface area (TPSA) is 58.6 Å². The molecule has 1 N–H and O–H groups in total. The van der Waals surface area contributed by atoms with Gasteiger partial charge in [-0.3, -0.25) is 9.59 Å². The Hall–Kier alpha value is -3.64. The maximum atomic E-state index is 13.8. The molecule has 0 heterocycles. The zero-order chi connectivity index (χ0) is 26.9. The Balaban J connectivity index is 1.63. The van der Waals surface area contributed by atoms with Gasteiger partial charge >= 0.3 is 0 Å². The molecule has 0 aliphatic heterocycles. The van der Waals surface area contributed by atoms with Crippen molar-refractivity contribution in [2.75, 3.05) is 13.2 Å². The summed E-state index contributed by atoms with van der Waals surface area (Å²) < 4.78 is 6.84. The summed E-state index contributed by atoms with van der Waals surface area (Å²) >= 11 is 3.64. The van der Waals surface area contributed by atoms with Crippen molar-refractivity contribution >= 4 is 38.5 Å². The van der Waals surface area contributed by atoms with Crippen molar-refractivity contribution in [2.24, 2.45) is 0 Å². The van der Waals surface area contributed by atoms with Gasteiger partial charge in [0.25, 0.3) is 5.91 Å². The summed E-state index contributed by atoms with van der Waals surface area (Å²) in [6.07, 6.45) is 1.22. The van der Waals surface area contributed by atoms with Crippen LogP contribution in [0.25, 0.3) is 10.8 Å². The number of ether oxygens (including phenoxy) is 1. The lowest BCUT2D eigenvalue weighted by Crippen LogP contribution is -2.51. The van der Waals surface area contributed by atoms with Crippen molar-refractivity contribution in [3.8, 4) is 5.75 Å². The monoisotopic (exact) mass is 572 g/mol. The van der Waals surface area contributed by atoms with Crippen LogP contribution in [0, 0.1) is 6.92 Å². The van der Waals surface area contributed by atoms with Gasteiger partial charge in [0.05, 0.1) is 4.47 Å². The molecule has 0 radical (unpaired) electrons. The molecule has 0 saturated carbocycles. The number of hydrogen-bond donors (Lipinski definition) is 1.